The number of hydrogen-bond acceptors (Lipinski definition) is 11. The summed E-state index contributed by atoms with van der Waals surface area (Å²) in [5, 5.41) is 32.5. The first kappa shape index (κ1) is 43.2. The number of aromatic nitrogens is 8. The Bertz CT molecular complexity index is 2920. The molecule has 0 bridgehead atoms. The van der Waals surface area contributed by atoms with E-state index < -0.39 is 12.0 Å². The monoisotopic (exact) mass is 907 g/mol. The van der Waals surface area contributed by atoms with Crippen molar-refractivity contribution in [3.63, 3.8) is 0 Å². The lowest BCUT2D eigenvalue weighted by Crippen LogP contribution is -2.26. The van der Waals surface area contributed by atoms with Crippen LogP contribution in [0.1, 0.15) is 87.4 Å². The molecule has 0 saturated carbocycles. The molecule has 0 aliphatic carbocycles. The van der Waals surface area contributed by atoms with Crippen LogP contribution < -0.4 is 15.0 Å². The maximum absolute atomic E-state index is 13.5. The number of H-pyrrole nitrogens is 1. The molecule has 1 aliphatic heterocycles. The molecule has 1 aliphatic rings. The largest absolute Gasteiger partial charge is 0.480 e. The van der Waals surface area contributed by atoms with Crippen molar-refractivity contribution in [1.29, 1.82) is 0 Å². The van der Waals surface area contributed by atoms with Crippen LogP contribution in [-0.2, 0) is 22.7 Å². The third-order valence-corrected chi connectivity index (χ3v) is 12.9. The van der Waals surface area contributed by atoms with Gasteiger partial charge in [0.05, 0.1) is 42.6 Å². The number of carboxylic acid groups (broad SMARTS) is 1. The summed E-state index contributed by atoms with van der Waals surface area (Å²) in [5.41, 5.74) is 6.23. The molecule has 0 radical (unpaired) electrons. The van der Waals surface area contributed by atoms with Crippen molar-refractivity contribution in [3.8, 4) is 22.0 Å². The summed E-state index contributed by atoms with van der Waals surface area (Å²) >= 11 is 14.5. The van der Waals surface area contributed by atoms with Gasteiger partial charge in [-0.05, 0) is 75.6 Å². The van der Waals surface area contributed by atoms with Crippen LogP contribution in [0.25, 0.3) is 27.0 Å². The number of carboxylic acids is 1. The molecule has 1 atom stereocenters. The first-order valence-electron chi connectivity index (χ1n) is 20.2. The van der Waals surface area contributed by atoms with Gasteiger partial charge in [0.25, 0.3) is 0 Å². The van der Waals surface area contributed by atoms with Gasteiger partial charge in [-0.1, -0.05) is 47.0 Å². The highest BCUT2D eigenvalue weighted by atomic mass is 35.5. The number of nitrogens with one attached hydrogen (secondary N) is 2. The minimum absolute atomic E-state index is 0.0517. The number of unbranched alkanes of at least 4 members (excludes halogenated alkanes) is 2. The first-order valence-corrected chi connectivity index (χ1v) is 21.8. The van der Waals surface area contributed by atoms with Crippen molar-refractivity contribution in [2.45, 2.75) is 72.0 Å². The average molecular weight is 909 g/mol. The quantitative estimate of drug-likeness (QED) is 0.0843. The van der Waals surface area contributed by atoms with Gasteiger partial charge in [-0.2, -0.15) is 4.98 Å². The molecule has 6 heterocycles. The van der Waals surface area contributed by atoms with E-state index in [4.69, 9.17) is 32.9 Å². The number of rotatable bonds is 15. The fourth-order valence-corrected chi connectivity index (χ4v) is 9.23. The molecule has 5 aromatic heterocycles. The number of carbonyl (C=O) groups excluding carboxylic acids is 2. The van der Waals surface area contributed by atoms with Gasteiger partial charge < -0.3 is 20.1 Å². The Labute approximate surface area is 375 Å². The summed E-state index contributed by atoms with van der Waals surface area (Å²) in [7, 11) is 3.13. The zero-order valence-corrected chi connectivity index (χ0v) is 37.4. The number of anilines is 1. The molecule has 2 amide bonds. The molecule has 0 spiro atoms. The van der Waals surface area contributed by atoms with Crippen LogP contribution in [0.4, 0.5) is 5.82 Å². The van der Waals surface area contributed by atoms with Crippen LogP contribution in [0.15, 0.2) is 65.9 Å². The molecule has 16 nitrogen and oxygen atoms in total. The van der Waals surface area contributed by atoms with E-state index in [0.29, 0.717) is 68.8 Å². The van der Waals surface area contributed by atoms with Crippen molar-refractivity contribution in [2.24, 2.45) is 4.99 Å². The maximum atomic E-state index is 13.5. The summed E-state index contributed by atoms with van der Waals surface area (Å²) in [6.07, 6.45) is 5.78. The third kappa shape index (κ3) is 8.81. The van der Waals surface area contributed by atoms with E-state index in [1.54, 1.807) is 47.3 Å². The number of thiophene rings is 1. The highest BCUT2D eigenvalue weighted by Gasteiger charge is 2.32. The van der Waals surface area contributed by atoms with Crippen molar-refractivity contribution >= 4 is 74.8 Å². The number of carbonyl (C=O) groups is 3. The lowest BCUT2D eigenvalue weighted by Gasteiger charge is -2.18. The lowest BCUT2D eigenvalue weighted by atomic mass is 9.99. The van der Waals surface area contributed by atoms with Crippen LogP contribution in [0.5, 0.6) is 5.88 Å². The number of fused-ring (bicyclic) bond motifs is 4. The SMILES string of the molecule is COc1nc(N(C)C(=O)CCCCCn2cc(CNC(=O)CC3N=C(c4ccc(Cl)cc4)c4c(sc(C)c4C)-n4c(C)nnc43)nn2)ccc1-c1cc2c(C(=O)O)c[nH]c2cc1Cl. The molecule has 63 heavy (non-hydrogen) atoms. The molecule has 324 valence electrons. The van der Waals surface area contributed by atoms with E-state index >= 15 is 0 Å². The Morgan fingerprint density at radius 1 is 1.00 bits per heavy atom. The molecule has 1 unspecified atom stereocenters. The highest BCUT2D eigenvalue weighted by Crippen LogP contribution is 2.41. The maximum Gasteiger partial charge on any atom is 0.337 e. The molecule has 8 rings (SSSR count). The van der Waals surface area contributed by atoms with E-state index in [1.807, 2.05) is 42.0 Å². The third-order valence-electron chi connectivity index (χ3n) is 11.1. The van der Waals surface area contributed by atoms with Crippen LogP contribution in [-0.4, -0.2) is 82.5 Å². The van der Waals surface area contributed by atoms with Crippen LogP contribution in [0.2, 0.25) is 10.0 Å². The molecule has 3 N–H and O–H groups in total. The van der Waals surface area contributed by atoms with E-state index in [0.717, 1.165) is 46.1 Å². The summed E-state index contributed by atoms with van der Waals surface area (Å²) in [6.45, 7) is 6.87. The van der Waals surface area contributed by atoms with E-state index in [9.17, 15) is 19.5 Å². The Kier molecular flexibility index (Phi) is 12.4. The van der Waals surface area contributed by atoms with Gasteiger partial charge in [-0.25, -0.2) is 4.79 Å². The number of benzene rings is 2. The van der Waals surface area contributed by atoms with Gasteiger partial charge in [0.15, 0.2) is 5.82 Å². The summed E-state index contributed by atoms with van der Waals surface area (Å²) < 4.78 is 9.33. The second-order valence-electron chi connectivity index (χ2n) is 15.2. The summed E-state index contributed by atoms with van der Waals surface area (Å²) in [4.78, 5) is 53.7. The second-order valence-corrected chi connectivity index (χ2v) is 17.3. The number of aromatic amines is 1. The van der Waals surface area contributed by atoms with Crippen LogP contribution >= 0.6 is 34.5 Å². The van der Waals surface area contributed by atoms with Gasteiger partial charge in [0.2, 0.25) is 17.7 Å². The van der Waals surface area contributed by atoms with Crippen molar-refractivity contribution < 1.29 is 24.2 Å². The first-order chi connectivity index (χ1) is 30.3. The number of amides is 2. The molecule has 2 aromatic carbocycles. The predicted molar refractivity (Wildman–Crippen MR) is 242 cm³/mol. The number of methoxy groups -OCH3 is 1. The number of aliphatic imine (C=N–C) groups is 1. The second kappa shape index (κ2) is 18.1. The molecule has 19 heteroatoms. The number of aryl methyl sites for hydroxylation is 3. The molecular weight excluding hydrogens is 866 g/mol. The Balaban J connectivity index is 0.834. The predicted octanol–water partition coefficient (Wildman–Crippen LogP) is 8.22. The molecule has 0 saturated heterocycles. The Morgan fingerprint density at radius 3 is 2.56 bits per heavy atom. The fourth-order valence-electron chi connectivity index (χ4n) is 7.63. The Morgan fingerprint density at radius 2 is 1.79 bits per heavy atom. The van der Waals surface area contributed by atoms with Crippen molar-refractivity contribution in [3.05, 3.63) is 115 Å². The van der Waals surface area contributed by atoms with E-state index in [-0.39, 0.29) is 36.2 Å². The smallest absolute Gasteiger partial charge is 0.337 e. The number of ether oxygens (including phenoxy) is 1. The topological polar surface area (TPSA) is 198 Å². The Hall–Kier alpha value is -6.43. The van der Waals surface area contributed by atoms with E-state index in [2.05, 4.69) is 49.6 Å². The van der Waals surface area contributed by atoms with Gasteiger partial charge in [0, 0.05) is 69.3 Å². The van der Waals surface area contributed by atoms with Crippen LogP contribution in [0, 0.1) is 20.8 Å². The molecular formula is C44H43Cl2N11O5S. The standard InChI is InChI=1S/C44H43Cl2N11O5S/c1-23-24(2)63-43-39(23)40(26-10-12-27(45)13-11-26)49-35(41-53-51-25(3)57(41)43)19-37(58)48-20-28-22-56(54-52-28)16-8-6-7-9-38(59)55(4)36-15-14-29(42(50-36)62-5)30-17-31-32(44(60)61)21-47-34(31)18-33(30)46/h10-15,17-18,21-22,35,47H,6-9,16,19-20H2,1-5H3,(H,48,58)(H,60,61). The van der Waals surface area contributed by atoms with Crippen molar-refractivity contribution in [1.82, 2.24) is 45.0 Å². The number of hydrogen-bond donors (Lipinski definition) is 3. The number of nitrogens with zero attached hydrogens (tertiary/aromatic N) is 9. The van der Waals surface area contributed by atoms with Gasteiger partial charge in [0.1, 0.15) is 28.4 Å². The minimum atomic E-state index is -1.06. The lowest BCUT2D eigenvalue weighted by molar-refractivity contribution is -0.121. The van der Waals surface area contributed by atoms with Gasteiger partial charge in [-0.3, -0.25) is 28.7 Å². The minimum Gasteiger partial charge on any atom is -0.480 e. The zero-order valence-electron chi connectivity index (χ0n) is 35.1. The summed E-state index contributed by atoms with van der Waals surface area (Å²) in [6, 6.07) is 13.8. The van der Waals surface area contributed by atoms with E-state index in [1.165, 1.54) is 23.1 Å². The van der Waals surface area contributed by atoms with Gasteiger partial charge in [-0.15, -0.1) is 26.6 Å². The average Bonchev–Trinajstić information content (AvgIpc) is 4.05. The highest BCUT2D eigenvalue weighted by molar-refractivity contribution is 7.15. The normalized spacial score (nSPS) is 13.3. The number of aromatic carboxylic acids is 1. The van der Waals surface area contributed by atoms with Crippen molar-refractivity contribution in [2.75, 3.05) is 19.1 Å². The molecule has 7 aromatic rings. The van der Waals surface area contributed by atoms with Gasteiger partial charge >= 0.3 is 5.97 Å². The van der Waals surface area contributed by atoms with Crippen LogP contribution in [0.3, 0.4) is 0 Å². The molecule has 0 fully saturated rings. The number of pyridine rings is 1. The fraction of sp³-hybridized carbons (Fsp3) is 0.295. The number of halogens is 2. The summed E-state index contributed by atoms with van der Waals surface area (Å²) in [5.74, 6) is 0.583. The zero-order chi connectivity index (χ0) is 44.5.